The fourth-order valence-electron chi connectivity index (χ4n) is 1.58. The van der Waals surface area contributed by atoms with Crippen LogP contribution in [0.4, 0.5) is 20.2 Å². The van der Waals surface area contributed by atoms with Crippen molar-refractivity contribution in [3.05, 3.63) is 33.9 Å². The number of carboxylic acids is 1. The maximum atomic E-state index is 13.5. The minimum atomic E-state index is -1.05. The van der Waals surface area contributed by atoms with Gasteiger partial charge in [-0.1, -0.05) is 6.92 Å². The van der Waals surface area contributed by atoms with Crippen molar-refractivity contribution in [3.63, 3.8) is 0 Å². The SMILES string of the molecule is CC(CCCNc1c(F)cc([N+](=O)[O-])cc1F)C(=O)O. The molecular formula is C12H14F2N2O4. The highest BCUT2D eigenvalue weighted by molar-refractivity contribution is 5.69. The van der Waals surface area contributed by atoms with Crippen molar-refractivity contribution in [2.45, 2.75) is 19.8 Å². The Bertz CT molecular complexity index is 499. The van der Waals surface area contributed by atoms with Gasteiger partial charge in [-0.3, -0.25) is 14.9 Å². The van der Waals surface area contributed by atoms with Gasteiger partial charge in [0.15, 0.2) is 11.6 Å². The maximum Gasteiger partial charge on any atom is 0.306 e. The molecule has 0 spiro atoms. The second kappa shape index (κ2) is 6.78. The molecule has 110 valence electrons. The van der Waals surface area contributed by atoms with Crippen molar-refractivity contribution < 1.29 is 23.6 Å². The Morgan fingerprint density at radius 1 is 1.45 bits per heavy atom. The quantitative estimate of drug-likeness (QED) is 0.457. The second-order valence-electron chi connectivity index (χ2n) is 4.35. The number of nitro benzene ring substituents is 1. The van der Waals surface area contributed by atoms with Gasteiger partial charge in [0.25, 0.3) is 5.69 Å². The number of carboxylic acid groups (broad SMARTS) is 1. The summed E-state index contributed by atoms with van der Waals surface area (Å²) in [5.41, 5.74) is -1.11. The van der Waals surface area contributed by atoms with Crippen molar-refractivity contribution in [1.29, 1.82) is 0 Å². The molecule has 0 amide bonds. The van der Waals surface area contributed by atoms with Crippen molar-refractivity contribution in [1.82, 2.24) is 0 Å². The van der Waals surface area contributed by atoms with Gasteiger partial charge in [0, 0.05) is 6.54 Å². The van der Waals surface area contributed by atoms with Gasteiger partial charge in [0.1, 0.15) is 5.69 Å². The zero-order chi connectivity index (χ0) is 15.3. The molecule has 1 atom stereocenters. The minimum absolute atomic E-state index is 0.170. The lowest BCUT2D eigenvalue weighted by molar-refractivity contribution is -0.385. The molecule has 0 aliphatic rings. The Morgan fingerprint density at radius 3 is 2.45 bits per heavy atom. The van der Waals surface area contributed by atoms with E-state index < -0.39 is 39.8 Å². The Labute approximate surface area is 113 Å². The highest BCUT2D eigenvalue weighted by Crippen LogP contribution is 2.24. The van der Waals surface area contributed by atoms with Crippen molar-refractivity contribution in [2.24, 2.45) is 5.92 Å². The molecule has 6 nitrogen and oxygen atoms in total. The normalized spacial score (nSPS) is 11.9. The molecule has 0 radical (unpaired) electrons. The first kappa shape index (κ1) is 15.8. The summed E-state index contributed by atoms with van der Waals surface area (Å²) in [6.07, 6.45) is 0.766. The van der Waals surface area contributed by atoms with Gasteiger partial charge < -0.3 is 10.4 Å². The van der Waals surface area contributed by atoms with Gasteiger partial charge in [-0.05, 0) is 12.8 Å². The van der Waals surface area contributed by atoms with Crippen LogP contribution in [0.2, 0.25) is 0 Å². The summed E-state index contributed by atoms with van der Waals surface area (Å²) in [6.45, 7) is 1.71. The van der Waals surface area contributed by atoms with Gasteiger partial charge in [-0.25, -0.2) is 8.78 Å². The van der Waals surface area contributed by atoms with E-state index in [1.165, 1.54) is 6.92 Å². The van der Waals surface area contributed by atoms with E-state index in [-0.39, 0.29) is 6.54 Å². The van der Waals surface area contributed by atoms with Crippen LogP contribution in [0.5, 0.6) is 0 Å². The average Bonchev–Trinajstić information content (AvgIpc) is 2.36. The number of carbonyl (C=O) groups is 1. The molecule has 0 saturated carbocycles. The van der Waals surface area contributed by atoms with E-state index >= 15 is 0 Å². The van der Waals surface area contributed by atoms with Crippen LogP contribution in [0.15, 0.2) is 12.1 Å². The molecule has 0 aromatic heterocycles. The number of hydrogen-bond acceptors (Lipinski definition) is 4. The molecule has 1 unspecified atom stereocenters. The van der Waals surface area contributed by atoms with Crippen LogP contribution in [0.1, 0.15) is 19.8 Å². The summed E-state index contributed by atoms with van der Waals surface area (Å²) < 4.78 is 27.0. The lowest BCUT2D eigenvalue weighted by Gasteiger charge is -2.10. The summed E-state index contributed by atoms with van der Waals surface area (Å²) in [6, 6.07) is 1.26. The highest BCUT2D eigenvalue weighted by atomic mass is 19.1. The van der Waals surface area contributed by atoms with E-state index in [1.807, 2.05) is 0 Å². The fourth-order valence-corrected chi connectivity index (χ4v) is 1.58. The average molecular weight is 288 g/mol. The molecule has 0 heterocycles. The van der Waals surface area contributed by atoms with Crippen molar-refractivity contribution in [2.75, 3.05) is 11.9 Å². The molecular weight excluding hydrogens is 274 g/mol. The van der Waals surface area contributed by atoms with Crippen LogP contribution >= 0.6 is 0 Å². The maximum absolute atomic E-state index is 13.5. The van der Waals surface area contributed by atoms with E-state index in [1.54, 1.807) is 0 Å². The number of non-ortho nitro benzene ring substituents is 1. The van der Waals surface area contributed by atoms with Crippen LogP contribution in [0.3, 0.4) is 0 Å². The number of nitrogens with zero attached hydrogens (tertiary/aromatic N) is 1. The first-order chi connectivity index (χ1) is 9.32. The van der Waals surface area contributed by atoms with Gasteiger partial charge >= 0.3 is 5.97 Å². The molecule has 0 aliphatic heterocycles. The standard InChI is InChI=1S/C12H14F2N2O4/c1-7(12(17)18)3-2-4-15-11-9(13)5-8(16(19)20)6-10(11)14/h5-7,15H,2-4H2,1H3,(H,17,18). The number of nitrogens with one attached hydrogen (secondary N) is 1. The lowest BCUT2D eigenvalue weighted by Crippen LogP contribution is -2.12. The van der Waals surface area contributed by atoms with Crippen LogP contribution in [0.25, 0.3) is 0 Å². The third kappa shape index (κ3) is 4.15. The number of rotatable bonds is 7. The molecule has 2 N–H and O–H groups in total. The molecule has 1 aromatic carbocycles. The molecule has 20 heavy (non-hydrogen) atoms. The van der Waals surface area contributed by atoms with E-state index in [4.69, 9.17) is 5.11 Å². The Balaban J connectivity index is 2.61. The molecule has 0 bridgehead atoms. The number of aliphatic carboxylic acids is 1. The van der Waals surface area contributed by atoms with Gasteiger partial charge in [0.2, 0.25) is 0 Å². The third-order valence-electron chi connectivity index (χ3n) is 2.77. The Morgan fingerprint density at radius 2 is 2.00 bits per heavy atom. The molecule has 8 heteroatoms. The molecule has 0 fully saturated rings. The van der Waals surface area contributed by atoms with Gasteiger partial charge in [-0.15, -0.1) is 0 Å². The number of halogens is 2. The molecule has 1 aromatic rings. The summed E-state index contributed by atoms with van der Waals surface area (Å²) in [5, 5.41) is 21.6. The second-order valence-corrected chi connectivity index (χ2v) is 4.35. The van der Waals surface area contributed by atoms with E-state index in [0.717, 1.165) is 0 Å². The first-order valence-corrected chi connectivity index (χ1v) is 5.93. The first-order valence-electron chi connectivity index (χ1n) is 5.93. The molecule has 1 rings (SSSR count). The zero-order valence-corrected chi connectivity index (χ0v) is 10.7. The Kier molecular flexibility index (Phi) is 5.36. The van der Waals surface area contributed by atoms with Crippen LogP contribution in [0, 0.1) is 27.7 Å². The van der Waals surface area contributed by atoms with Crippen molar-refractivity contribution in [3.8, 4) is 0 Å². The van der Waals surface area contributed by atoms with Crippen LogP contribution < -0.4 is 5.32 Å². The summed E-state index contributed by atoms with van der Waals surface area (Å²) in [7, 11) is 0. The highest BCUT2D eigenvalue weighted by Gasteiger charge is 2.17. The number of hydrogen-bond donors (Lipinski definition) is 2. The van der Waals surface area contributed by atoms with E-state index in [9.17, 15) is 23.7 Å². The predicted octanol–water partition coefficient (Wildman–Crippen LogP) is 2.79. The number of benzene rings is 1. The third-order valence-corrected chi connectivity index (χ3v) is 2.77. The largest absolute Gasteiger partial charge is 0.481 e. The van der Waals surface area contributed by atoms with E-state index in [0.29, 0.717) is 25.0 Å². The fraction of sp³-hybridized carbons (Fsp3) is 0.417. The smallest absolute Gasteiger partial charge is 0.306 e. The van der Waals surface area contributed by atoms with Gasteiger partial charge in [0.05, 0.1) is 23.0 Å². The molecule has 0 saturated heterocycles. The van der Waals surface area contributed by atoms with E-state index in [2.05, 4.69) is 5.32 Å². The Hall–Kier alpha value is -2.25. The zero-order valence-electron chi connectivity index (χ0n) is 10.7. The lowest BCUT2D eigenvalue weighted by atomic mass is 10.1. The summed E-state index contributed by atoms with van der Waals surface area (Å²) in [4.78, 5) is 20.1. The van der Waals surface area contributed by atoms with Gasteiger partial charge in [-0.2, -0.15) is 0 Å². The summed E-state index contributed by atoms with van der Waals surface area (Å²) >= 11 is 0. The van der Waals surface area contributed by atoms with Crippen LogP contribution in [-0.2, 0) is 4.79 Å². The number of anilines is 1. The predicted molar refractivity (Wildman–Crippen MR) is 67.5 cm³/mol. The monoisotopic (exact) mass is 288 g/mol. The number of nitro groups is 1. The minimum Gasteiger partial charge on any atom is -0.481 e. The van der Waals surface area contributed by atoms with Crippen LogP contribution in [-0.4, -0.2) is 22.5 Å². The molecule has 0 aliphatic carbocycles. The summed E-state index contributed by atoms with van der Waals surface area (Å²) in [5.74, 6) is -3.58. The van der Waals surface area contributed by atoms with Crippen molar-refractivity contribution >= 4 is 17.3 Å². The topological polar surface area (TPSA) is 92.5 Å².